The van der Waals surface area contributed by atoms with Crippen LogP contribution in [-0.4, -0.2) is 21.6 Å². The highest BCUT2D eigenvalue weighted by atomic mass is 16.5. The second-order valence-corrected chi connectivity index (χ2v) is 7.18. The molecule has 2 N–H and O–H groups in total. The zero-order chi connectivity index (χ0) is 23.2. The van der Waals surface area contributed by atoms with Gasteiger partial charge >= 0.3 is 0 Å². The van der Waals surface area contributed by atoms with Crippen molar-refractivity contribution in [2.24, 2.45) is 0 Å². The number of fused-ring (bicyclic) bond motifs is 1. The molecule has 0 atom stereocenters. The van der Waals surface area contributed by atoms with Crippen LogP contribution in [0.25, 0.3) is 10.8 Å². The largest absolute Gasteiger partial charge is 0.489 e. The molecule has 4 aromatic rings. The minimum absolute atomic E-state index is 0.0491. The van der Waals surface area contributed by atoms with E-state index < -0.39 is 11.8 Å². The van der Waals surface area contributed by atoms with E-state index in [1.807, 2.05) is 36.4 Å². The van der Waals surface area contributed by atoms with Crippen molar-refractivity contribution in [3.8, 4) is 5.75 Å². The van der Waals surface area contributed by atoms with Gasteiger partial charge in [0.15, 0.2) is 5.69 Å². The Bertz CT molecular complexity index is 1370. The van der Waals surface area contributed by atoms with Crippen LogP contribution in [-0.2, 0) is 13.2 Å². The summed E-state index contributed by atoms with van der Waals surface area (Å²) in [5.74, 6) is -0.437. The molecule has 0 saturated carbocycles. The summed E-state index contributed by atoms with van der Waals surface area (Å²) in [5, 5.41) is 4.97. The van der Waals surface area contributed by atoms with E-state index in [1.54, 1.807) is 49.4 Å². The molecule has 33 heavy (non-hydrogen) atoms. The Morgan fingerprint density at radius 2 is 1.48 bits per heavy atom. The number of para-hydroxylation sites is 1. The molecular weight excluding hydrogens is 420 g/mol. The van der Waals surface area contributed by atoms with Crippen LogP contribution in [0.1, 0.15) is 33.3 Å². The number of aryl methyl sites for hydroxylation is 1. The first-order valence-electron chi connectivity index (χ1n) is 10.4. The molecule has 0 saturated heterocycles. The number of carbonyl (C=O) groups is 2. The number of rotatable bonds is 6. The standard InChI is InChI=1S/C25H22N4O4/c1-2-29-25(32)21-15-9-8-14-20(21)22(28-29)24(31)27-26-23(30)19-13-7-6-10-17(19)16-33-18-11-4-3-5-12-18/h3-15H,2,16H2,1H3,(H,26,30)(H,27,31). The minimum Gasteiger partial charge on any atom is -0.489 e. The number of hydrogen-bond acceptors (Lipinski definition) is 5. The normalized spacial score (nSPS) is 10.6. The van der Waals surface area contributed by atoms with Crippen LogP contribution in [0.3, 0.4) is 0 Å². The van der Waals surface area contributed by atoms with E-state index in [1.165, 1.54) is 4.68 Å². The van der Waals surface area contributed by atoms with Crippen molar-refractivity contribution in [3.63, 3.8) is 0 Å². The Morgan fingerprint density at radius 1 is 0.848 bits per heavy atom. The van der Waals surface area contributed by atoms with Crippen LogP contribution in [0, 0.1) is 0 Å². The number of aromatic nitrogens is 2. The average Bonchev–Trinajstić information content (AvgIpc) is 2.87. The van der Waals surface area contributed by atoms with Crippen LogP contribution < -0.4 is 21.1 Å². The van der Waals surface area contributed by atoms with E-state index in [2.05, 4.69) is 16.0 Å². The zero-order valence-corrected chi connectivity index (χ0v) is 17.9. The molecule has 1 heterocycles. The molecule has 0 aliphatic heterocycles. The third kappa shape index (κ3) is 4.74. The summed E-state index contributed by atoms with van der Waals surface area (Å²) in [7, 11) is 0. The van der Waals surface area contributed by atoms with E-state index in [0.717, 1.165) is 0 Å². The fourth-order valence-electron chi connectivity index (χ4n) is 3.40. The Kier molecular flexibility index (Phi) is 6.45. The molecule has 1 aromatic heterocycles. The number of nitrogens with one attached hydrogen (secondary N) is 2. The maximum atomic E-state index is 12.8. The maximum Gasteiger partial charge on any atom is 0.290 e. The van der Waals surface area contributed by atoms with Gasteiger partial charge in [0.25, 0.3) is 17.4 Å². The summed E-state index contributed by atoms with van der Waals surface area (Å²) in [6.45, 7) is 2.27. The van der Waals surface area contributed by atoms with E-state index in [-0.39, 0.29) is 17.9 Å². The first-order valence-corrected chi connectivity index (χ1v) is 10.4. The number of amides is 2. The molecule has 0 unspecified atom stereocenters. The lowest BCUT2D eigenvalue weighted by Gasteiger charge is -2.13. The van der Waals surface area contributed by atoms with E-state index in [9.17, 15) is 14.4 Å². The van der Waals surface area contributed by atoms with Crippen molar-refractivity contribution in [1.29, 1.82) is 0 Å². The monoisotopic (exact) mass is 442 g/mol. The summed E-state index contributed by atoms with van der Waals surface area (Å²) in [6, 6.07) is 23.0. The molecule has 8 heteroatoms. The lowest BCUT2D eigenvalue weighted by atomic mass is 10.1. The Balaban J connectivity index is 1.50. The molecule has 8 nitrogen and oxygen atoms in total. The second-order valence-electron chi connectivity index (χ2n) is 7.18. The topological polar surface area (TPSA) is 102 Å². The summed E-state index contributed by atoms with van der Waals surface area (Å²) < 4.78 is 6.97. The van der Waals surface area contributed by atoms with Gasteiger partial charge in [-0.3, -0.25) is 25.2 Å². The van der Waals surface area contributed by atoms with Gasteiger partial charge in [-0.05, 0) is 31.2 Å². The Hall–Kier alpha value is -4.46. The molecule has 0 aliphatic carbocycles. The van der Waals surface area contributed by atoms with E-state index in [0.29, 0.717) is 34.2 Å². The summed E-state index contributed by atoms with van der Waals surface area (Å²) in [4.78, 5) is 38.1. The van der Waals surface area contributed by atoms with E-state index >= 15 is 0 Å². The summed E-state index contributed by atoms with van der Waals surface area (Å²) in [5.41, 5.74) is 5.64. The highest BCUT2D eigenvalue weighted by molar-refractivity contribution is 6.06. The van der Waals surface area contributed by atoms with E-state index in [4.69, 9.17) is 4.74 Å². The molecule has 166 valence electrons. The van der Waals surface area contributed by atoms with Gasteiger partial charge in [-0.15, -0.1) is 0 Å². The number of nitrogens with zero attached hydrogens (tertiary/aromatic N) is 2. The van der Waals surface area contributed by atoms with Gasteiger partial charge in [-0.1, -0.05) is 54.6 Å². The molecule has 4 rings (SSSR count). The smallest absolute Gasteiger partial charge is 0.290 e. The third-order valence-corrected chi connectivity index (χ3v) is 5.07. The minimum atomic E-state index is -0.625. The highest BCUT2D eigenvalue weighted by Crippen LogP contribution is 2.15. The summed E-state index contributed by atoms with van der Waals surface area (Å²) in [6.07, 6.45) is 0. The summed E-state index contributed by atoms with van der Waals surface area (Å²) >= 11 is 0. The number of benzene rings is 3. The number of hydrazine groups is 1. The predicted molar refractivity (Wildman–Crippen MR) is 124 cm³/mol. The first-order chi connectivity index (χ1) is 16.1. The van der Waals surface area contributed by atoms with Crippen LogP contribution in [0.2, 0.25) is 0 Å². The number of carbonyl (C=O) groups excluding carboxylic acids is 2. The fraction of sp³-hybridized carbons (Fsp3) is 0.120. The van der Waals surface area contributed by atoms with Crippen LogP contribution in [0.5, 0.6) is 5.75 Å². The van der Waals surface area contributed by atoms with Gasteiger partial charge in [-0.2, -0.15) is 5.10 Å². The lowest BCUT2D eigenvalue weighted by Crippen LogP contribution is -2.43. The van der Waals surface area contributed by atoms with Gasteiger partial charge in [0.2, 0.25) is 0 Å². The van der Waals surface area contributed by atoms with Crippen LogP contribution in [0.15, 0.2) is 83.7 Å². The van der Waals surface area contributed by atoms with Gasteiger partial charge in [0.05, 0.1) is 5.39 Å². The number of hydrogen-bond donors (Lipinski definition) is 2. The van der Waals surface area contributed by atoms with Crippen molar-refractivity contribution in [3.05, 3.63) is 106 Å². The predicted octanol–water partition coefficient (Wildman–Crippen LogP) is 3.07. The van der Waals surface area contributed by atoms with Crippen molar-refractivity contribution < 1.29 is 14.3 Å². The van der Waals surface area contributed by atoms with Gasteiger partial charge in [-0.25, -0.2) is 4.68 Å². The maximum absolute atomic E-state index is 12.8. The van der Waals surface area contributed by atoms with Gasteiger partial charge < -0.3 is 4.74 Å². The molecule has 0 radical (unpaired) electrons. The molecule has 0 aliphatic rings. The SMILES string of the molecule is CCn1nc(C(=O)NNC(=O)c2ccccc2COc2ccccc2)c2ccccc2c1=O. The molecule has 0 fully saturated rings. The van der Waals surface area contributed by atoms with Crippen LogP contribution >= 0.6 is 0 Å². The Morgan fingerprint density at radius 3 is 2.24 bits per heavy atom. The second kappa shape index (κ2) is 9.78. The quantitative estimate of drug-likeness (QED) is 0.447. The van der Waals surface area contributed by atoms with Crippen LogP contribution in [0.4, 0.5) is 0 Å². The average molecular weight is 442 g/mol. The number of ether oxygens (including phenoxy) is 1. The van der Waals surface area contributed by atoms with Crippen molar-refractivity contribution >= 4 is 22.6 Å². The lowest BCUT2D eigenvalue weighted by molar-refractivity contribution is 0.0842. The third-order valence-electron chi connectivity index (χ3n) is 5.07. The molecule has 0 spiro atoms. The first kappa shape index (κ1) is 21.8. The highest BCUT2D eigenvalue weighted by Gasteiger charge is 2.18. The van der Waals surface area contributed by atoms with Crippen molar-refractivity contribution in [1.82, 2.24) is 20.6 Å². The van der Waals surface area contributed by atoms with Crippen molar-refractivity contribution in [2.45, 2.75) is 20.1 Å². The fourth-order valence-corrected chi connectivity index (χ4v) is 3.40. The molecule has 0 bridgehead atoms. The zero-order valence-electron chi connectivity index (χ0n) is 17.9. The molecule has 3 aromatic carbocycles. The molecule has 2 amide bonds. The Labute approximate surface area is 189 Å². The molecular formula is C25H22N4O4. The van der Waals surface area contributed by atoms with Gasteiger partial charge in [0, 0.05) is 23.1 Å². The van der Waals surface area contributed by atoms with Crippen molar-refractivity contribution in [2.75, 3.05) is 0 Å². The van der Waals surface area contributed by atoms with Gasteiger partial charge in [0.1, 0.15) is 12.4 Å².